The topological polar surface area (TPSA) is 104 Å². The van der Waals surface area contributed by atoms with E-state index in [-0.39, 0.29) is 28.4 Å². The molecule has 3 N–H and O–H groups in total. The maximum Gasteiger partial charge on any atom is 0.319 e. The molecule has 4 heterocycles. The summed E-state index contributed by atoms with van der Waals surface area (Å²) in [5.74, 6) is -0.0351. The van der Waals surface area contributed by atoms with E-state index in [1.165, 1.54) is 6.07 Å². The van der Waals surface area contributed by atoms with Gasteiger partial charge in [0.2, 0.25) is 0 Å². The summed E-state index contributed by atoms with van der Waals surface area (Å²) >= 11 is 0. The van der Waals surface area contributed by atoms with Crippen LogP contribution >= 0.6 is 0 Å². The van der Waals surface area contributed by atoms with Gasteiger partial charge in [-0.05, 0) is 74.9 Å². The molecule has 7 rings (SSSR count). The van der Waals surface area contributed by atoms with E-state index in [0.717, 1.165) is 55.8 Å². The Bertz CT molecular complexity index is 1630. The maximum absolute atomic E-state index is 16.5. The van der Waals surface area contributed by atoms with E-state index < -0.39 is 11.4 Å². The predicted octanol–water partition coefficient (Wildman–Crippen LogP) is 5.34. The number of hydrogen-bond donors (Lipinski definition) is 3. The molecule has 0 radical (unpaired) electrons. The number of ether oxygens (including phenoxy) is 1. The molecule has 2 aliphatic heterocycles. The standard InChI is InChI=1S/C32H36FN5O3/c1-31(40)10-6-14-38(18-31)29-24-17-35-27(23-16-21(39)15-20-7-2-3-8-22(20)23)26(33)28(24)36-30(37-29)41-19-32-11-4-9-25(32)34-13-5-12-32/h2-3,7-8,15-17,25,34,39-40H,4-6,9-14,18-19H2,1H3. The number of nitrogens with one attached hydrogen (secondary N) is 1. The SMILES string of the molecule is CC1(O)CCCN(c2nc(OCC34CCCNC3CCC4)nc3c(F)c(-c4cc(O)cc5ccccc45)ncc23)C1. The fraction of sp³-hybridized carbons (Fsp3) is 0.469. The first-order chi connectivity index (χ1) is 19.8. The number of fused-ring (bicyclic) bond motifs is 3. The fourth-order valence-electron chi connectivity index (χ4n) is 7.33. The zero-order valence-corrected chi connectivity index (χ0v) is 23.4. The van der Waals surface area contributed by atoms with Gasteiger partial charge in [0, 0.05) is 36.3 Å². The van der Waals surface area contributed by atoms with E-state index in [1.54, 1.807) is 12.3 Å². The lowest BCUT2D eigenvalue weighted by Gasteiger charge is -2.40. The largest absolute Gasteiger partial charge is 0.508 e. The Morgan fingerprint density at radius 3 is 2.83 bits per heavy atom. The van der Waals surface area contributed by atoms with Gasteiger partial charge < -0.3 is 25.2 Å². The average Bonchev–Trinajstić information content (AvgIpc) is 3.39. The van der Waals surface area contributed by atoms with Crippen LogP contribution in [0, 0.1) is 11.2 Å². The van der Waals surface area contributed by atoms with Crippen LogP contribution in [0.15, 0.2) is 42.6 Å². The highest BCUT2D eigenvalue weighted by Crippen LogP contribution is 2.45. The first kappa shape index (κ1) is 26.3. The van der Waals surface area contributed by atoms with Gasteiger partial charge in [-0.15, -0.1) is 0 Å². The Labute approximate surface area is 238 Å². The Balaban J connectivity index is 1.35. The summed E-state index contributed by atoms with van der Waals surface area (Å²) in [5.41, 5.74) is -0.128. The quantitative estimate of drug-likeness (QED) is 0.302. The monoisotopic (exact) mass is 557 g/mol. The first-order valence-corrected chi connectivity index (χ1v) is 14.7. The van der Waals surface area contributed by atoms with Crippen molar-refractivity contribution in [1.29, 1.82) is 0 Å². The highest BCUT2D eigenvalue weighted by Gasteiger charge is 2.45. The number of piperidine rings is 2. The number of aliphatic hydroxyl groups is 1. The third-order valence-electron chi connectivity index (χ3n) is 9.36. The number of pyridine rings is 1. The molecule has 3 unspecified atom stereocenters. The molecule has 9 heteroatoms. The van der Waals surface area contributed by atoms with E-state index in [1.807, 2.05) is 36.1 Å². The van der Waals surface area contributed by atoms with Crippen molar-refractivity contribution in [1.82, 2.24) is 20.3 Å². The van der Waals surface area contributed by atoms with Crippen LogP contribution < -0.4 is 15.0 Å². The van der Waals surface area contributed by atoms with E-state index in [9.17, 15) is 10.2 Å². The van der Waals surface area contributed by atoms with Crippen LogP contribution in [0.5, 0.6) is 11.8 Å². The normalized spacial score (nSPS) is 26.4. The Hall–Kier alpha value is -3.56. The van der Waals surface area contributed by atoms with Crippen molar-refractivity contribution in [2.45, 2.75) is 63.5 Å². The van der Waals surface area contributed by atoms with Gasteiger partial charge in [0.15, 0.2) is 5.82 Å². The molecule has 0 amide bonds. The zero-order chi connectivity index (χ0) is 28.2. The lowest BCUT2D eigenvalue weighted by molar-refractivity contribution is 0.0446. The Kier molecular flexibility index (Phi) is 6.47. The van der Waals surface area contributed by atoms with Gasteiger partial charge in [-0.25, -0.2) is 4.39 Å². The van der Waals surface area contributed by atoms with Gasteiger partial charge in [-0.3, -0.25) is 4.98 Å². The molecule has 1 aliphatic carbocycles. The summed E-state index contributed by atoms with van der Waals surface area (Å²) in [4.78, 5) is 16.0. The second kappa shape index (κ2) is 10.1. The minimum absolute atomic E-state index is 0.0357. The van der Waals surface area contributed by atoms with Crippen molar-refractivity contribution >= 4 is 27.5 Å². The van der Waals surface area contributed by atoms with Crippen LogP contribution in [-0.2, 0) is 0 Å². The summed E-state index contributed by atoms with van der Waals surface area (Å²) in [6.07, 6.45) is 8.66. The zero-order valence-electron chi connectivity index (χ0n) is 23.4. The van der Waals surface area contributed by atoms with Crippen molar-refractivity contribution in [3.05, 3.63) is 48.4 Å². The van der Waals surface area contributed by atoms with E-state index in [4.69, 9.17) is 9.72 Å². The number of hydrogen-bond acceptors (Lipinski definition) is 8. The predicted molar refractivity (Wildman–Crippen MR) is 157 cm³/mol. The molecule has 1 saturated carbocycles. The second-order valence-corrected chi connectivity index (χ2v) is 12.4. The van der Waals surface area contributed by atoms with Gasteiger partial charge in [0.05, 0.1) is 17.6 Å². The van der Waals surface area contributed by atoms with Crippen LogP contribution in [-0.4, -0.2) is 63.0 Å². The van der Waals surface area contributed by atoms with Crippen molar-refractivity contribution in [2.75, 3.05) is 31.1 Å². The van der Waals surface area contributed by atoms with Crippen molar-refractivity contribution in [2.24, 2.45) is 5.41 Å². The highest BCUT2D eigenvalue weighted by atomic mass is 19.1. The van der Waals surface area contributed by atoms with Gasteiger partial charge >= 0.3 is 6.01 Å². The molecule has 3 atom stereocenters. The van der Waals surface area contributed by atoms with E-state index >= 15 is 4.39 Å². The summed E-state index contributed by atoms with van der Waals surface area (Å²) in [5, 5.41) is 27.0. The van der Waals surface area contributed by atoms with Crippen LogP contribution in [0.25, 0.3) is 32.9 Å². The number of rotatable bonds is 5. The Morgan fingerprint density at radius 2 is 1.95 bits per heavy atom. The summed E-state index contributed by atoms with van der Waals surface area (Å²) in [6, 6.07) is 11.3. The number of phenols is 1. The number of halogens is 1. The van der Waals surface area contributed by atoms with Crippen molar-refractivity contribution < 1.29 is 19.3 Å². The minimum Gasteiger partial charge on any atom is -0.508 e. The lowest BCUT2D eigenvalue weighted by Crippen LogP contribution is -2.49. The number of nitrogens with zero attached hydrogens (tertiary/aromatic N) is 4. The van der Waals surface area contributed by atoms with Crippen molar-refractivity contribution in [3.63, 3.8) is 0 Å². The molecule has 4 aromatic rings. The lowest BCUT2D eigenvalue weighted by atomic mass is 9.76. The summed E-state index contributed by atoms with van der Waals surface area (Å²) < 4.78 is 22.9. The van der Waals surface area contributed by atoms with Crippen LogP contribution in [0.1, 0.15) is 51.9 Å². The molecule has 41 heavy (non-hydrogen) atoms. The number of aromatic nitrogens is 3. The molecule has 214 valence electrons. The number of aromatic hydroxyl groups is 1. The van der Waals surface area contributed by atoms with Gasteiger partial charge in [0.1, 0.15) is 22.8 Å². The number of benzene rings is 2. The third-order valence-corrected chi connectivity index (χ3v) is 9.36. The van der Waals surface area contributed by atoms with Crippen LogP contribution in [0.3, 0.4) is 0 Å². The first-order valence-electron chi connectivity index (χ1n) is 14.7. The molecule has 8 nitrogen and oxygen atoms in total. The van der Waals surface area contributed by atoms with Gasteiger partial charge in [0.25, 0.3) is 0 Å². The molecular weight excluding hydrogens is 521 g/mol. The molecule has 2 aromatic heterocycles. The maximum atomic E-state index is 16.5. The fourth-order valence-corrected chi connectivity index (χ4v) is 7.33. The summed E-state index contributed by atoms with van der Waals surface area (Å²) in [7, 11) is 0. The molecule has 3 fully saturated rings. The number of phenolic OH excluding ortho intramolecular Hbond substituents is 1. The van der Waals surface area contributed by atoms with Crippen molar-refractivity contribution in [3.8, 4) is 23.0 Å². The van der Waals surface area contributed by atoms with E-state index in [0.29, 0.717) is 48.9 Å². The minimum atomic E-state index is -0.882. The molecule has 0 bridgehead atoms. The smallest absolute Gasteiger partial charge is 0.319 e. The van der Waals surface area contributed by atoms with Crippen LogP contribution in [0.4, 0.5) is 10.2 Å². The number of β-amino-alcohol motifs (C(OH)–C–C–N with tert-alkyl or cyclic N) is 1. The highest BCUT2D eigenvalue weighted by molar-refractivity contribution is 5.99. The van der Waals surface area contributed by atoms with Crippen LogP contribution in [0.2, 0.25) is 0 Å². The molecule has 0 spiro atoms. The Morgan fingerprint density at radius 1 is 1.10 bits per heavy atom. The van der Waals surface area contributed by atoms with Gasteiger partial charge in [-0.1, -0.05) is 30.7 Å². The summed E-state index contributed by atoms with van der Waals surface area (Å²) in [6.45, 7) is 4.37. The van der Waals surface area contributed by atoms with Gasteiger partial charge in [-0.2, -0.15) is 9.97 Å². The molecule has 3 aliphatic rings. The van der Waals surface area contributed by atoms with E-state index in [2.05, 4.69) is 15.3 Å². The third kappa shape index (κ3) is 4.75. The number of anilines is 1. The average molecular weight is 558 g/mol. The second-order valence-electron chi connectivity index (χ2n) is 12.4. The molecule has 2 saturated heterocycles. The molecule has 2 aromatic carbocycles. The molecular formula is C32H36FN5O3.